The first-order valence-electron chi connectivity index (χ1n) is 7.52. The Morgan fingerprint density at radius 1 is 1.14 bits per heavy atom. The Morgan fingerprint density at radius 2 is 1.95 bits per heavy atom. The number of rotatable bonds is 1. The summed E-state index contributed by atoms with van der Waals surface area (Å²) in [7, 11) is 0. The van der Waals surface area contributed by atoms with Gasteiger partial charge in [-0.1, -0.05) is 24.3 Å². The molecule has 2 aliphatic rings. The summed E-state index contributed by atoms with van der Waals surface area (Å²) in [5.41, 5.74) is 4.21. The standard InChI is InChI=1S/C19H16N2O/c20-11-12-4-9-18-17(10-12)15-2-1-3-16(15)19(21-18)13-5-7-14(22)8-6-13/h1-2,4-10,15-16,19,21-22H,3H2. The maximum atomic E-state index is 9.49. The first-order valence-corrected chi connectivity index (χ1v) is 7.52. The minimum absolute atomic E-state index is 0.223. The minimum atomic E-state index is 0.223. The molecule has 1 heterocycles. The molecular weight excluding hydrogens is 272 g/mol. The highest BCUT2D eigenvalue weighted by Gasteiger charge is 2.37. The van der Waals surface area contributed by atoms with E-state index in [-0.39, 0.29) is 6.04 Å². The molecule has 0 saturated carbocycles. The molecule has 1 aliphatic carbocycles. The largest absolute Gasteiger partial charge is 0.508 e. The van der Waals surface area contributed by atoms with Crippen LogP contribution in [0.4, 0.5) is 5.69 Å². The van der Waals surface area contributed by atoms with Gasteiger partial charge in [0.2, 0.25) is 0 Å². The van der Waals surface area contributed by atoms with Crippen LogP contribution in [0.15, 0.2) is 54.6 Å². The first-order chi connectivity index (χ1) is 10.8. The highest BCUT2D eigenvalue weighted by atomic mass is 16.3. The third kappa shape index (κ3) is 1.96. The molecular formula is C19H16N2O. The van der Waals surface area contributed by atoms with E-state index in [1.54, 1.807) is 12.1 Å². The first kappa shape index (κ1) is 13.0. The Kier molecular flexibility index (Phi) is 2.90. The molecule has 4 rings (SSSR count). The molecule has 3 nitrogen and oxygen atoms in total. The lowest BCUT2D eigenvalue weighted by Crippen LogP contribution is -2.29. The number of fused-ring (bicyclic) bond motifs is 3. The molecule has 2 aromatic rings. The van der Waals surface area contributed by atoms with Crippen LogP contribution >= 0.6 is 0 Å². The lowest BCUT2D eigenvalue weighted by atomic mass is 9.76. The summed E-state index contributed by atoms with van der Waals surface area (Å²) < 4.78 is 0. The molecule has 3 heteroatoms. The summed E-state index contributed by atoms with van der Waals surface area (Å²) in [6, 6.07) is 15.8. The minimum Gasteiger partial charge on any atom is -0.508 e. The Hall–Kier alpha value is -2.73. The number of anilines is 1. The number of aromatic hydroxyl groups is 1. The van der Waals surface area contributed by atoms with Gasteiger partial charge in [-0.15, -0.1) is 0 Å². The highest BCUT2D eigenvalue weighted by Crippen LogP contribution is 2.49. The van der Waals surface area contributed by atoms with Gasteiger partial charge in [0.05, 0.1) is 17.7 Å². The number of nitriles is 1. The zero-order chi connectivity index (χ0) is 15.1. The van der Waals surface area contributed by atoms with Crippen molar-refractivity contribution in [2.75, 3.05) is 5.32 Å². The average molecular weight is 288 g/mol. The maximum absolute atomic E-state index is 9.49. The van der Waals surface area contributed by atoms with E-state index in [9.17, 15) is 5.11 Å². The van der Waals surface area contributed by atoms with E-state index in [4.69, 9.17) is 5.26 Å². The molecule has 2 aromatic carbocycles. The Bertz CT molecular complexity index is 786. The maximum Gasteiger partial charge on any atom is 0.115 e. The molecule has 0 fully saturated rings. The second-order valence-electron chi connectivity index (χ2n) is 5.98. The van der Waals surface area contributed by atoms with Gasteiger partial charge >= 0.3 is 0 Å². The van der Waals surface area contributed by atoms with Crippen molar-refractivity contribution >= 4 is 5.69 Å². The summed E-state index contributed by atoms with van der Waals surface area (Å²) >= 11 is 0. The fourth-order valence-corrected chi connectivity index (χ4v) is 3.68. The molecule has 0 spiro atoms. The van der Waals surface area contributed by atoms with Gasteiger partial charge in [0, 0.05) is 11.6 Å². The topological polar surface area (TPSA) is 56.0 Å². The van der Waals surface area contributed by atoms with Gasteiger partial charge in [-0.25, -0.2) is 0 Å². The summed E-state index contributed by atoms with van der Waals surface area (Å²) in [6.45, 7) is 0. The molecule has 0 saturated heterocycles. The van der Waals surface area contributed by atoms with Crippen LogP contribution in [0.2, 0.25) is 0 Å². The normalized spacial score (nSPS) is 25.0. The smallest absolute Gasteiger partial charge is 0.115 e. The molecule has 0 aromatic heterocycles. The fourth-order valence-electron chi connectivity index (χ4n) is 3.68. The molecule has 3 unspecified atom stereocenters. The number of nitrogens with zero attached hydrogens (tertiary/aromatic N) is 1. The van der Waals surface area contributed by atoms with Gasteiger partial charge in [-0.05, 0) is 53.8 Å². The van der Waals surface area contributed by atoms with E-state index >= 15 is 0 Å². The van der Waals surface area contributed by atoms with Crippen LogP contribution in [0.25, 0.3) is 0 Å². The summed E-state index contributed by atoms with van der Waals surface area (Å²) in [5.74, 6) is 1.09. The monoisotopic (exact) mass is 288 g/mol. The van der Waals surface area contributed by atoms with Gasteiger partial charge in [-0.3, -0.25) is 0 Å². The summed E-state index contributed by atoms with van der Waals surface area (Å²) in [4.78, 5) is 0. The molecule has 2 N–H and O–H groups in total. The molecule has 0 bridgehead atoms. The average Bonchev–Trinajstić information content (AvgIpc) is 3.04. The van der Waals surface area contributed by atoms with Crippen molar-refractivity contribution in [2.45, 2.75) is 18.4 Å². The van der Waals surface area contributed by atoms with Crippen molar-refractivity contribution in [3.05, 3.63) is 71.3 Å². The number of hydrogen-bond donors (Lipinski definition) is 2. The van der Waals surface area contributed by atoms with E-state index in [0.29, 0.717) is 23.1 Å². The van der Waals surface area contributed by atoms with Gasteiger partial charge in [0.1, 0.15) is 5.75 Å². The zero-order valence-corrected chi connectivity index (χ0v) is 12.0. The van der Waals surface area contributed by atoms with Gasteiger partial charge in [-0.2, -0.15) is 5.26 Å². The Morgan fingerprint density at radius 3 is 2.73 bits per heavy atom. The quantitative estimate of drug-likeness (QED) is 0.777. The van der Waals surface area contributed by atoms with Crippen LogP contribution in [0.5, 0.6) is 5.75 Å². The second-order valence-corrected chi connectivity index (χ2v) is 5.98. The van der Waals surface area contributed by atoms with Crippen molar-refractivity contribution in [1.82, 2.24) is 0 Å². The van der Waals surface area contributed by atoms with Gasteiger partial charge in [0.15, 0.2) is 0 Å². The van der Waals surface area contributed by atoms with Crippen LogP contribution in [0.1, 0.15) is 35.1 Å². The van der Waals surface area contributed by atoms with Crippen LogP contribution in [-0.2, 0) is 0 Å². The van der Waals surface area contributed by atoms with Crippen molar-refractivity contribution < 1.29 is 5.11 Å². The van der Waals surface area contributed by atoms with Gasteiger partial charge in [0.25, 0.3) is 0 Å². The van der Waals surface area contributed by atoms with Crippen LogP contribution in [-0.4, -0.2) is 5.11 Å². The summed E-state index contributed by atoms with van der Waals surface area (Å²) in [6.07, 6.45) is 5.52. The number of nitrogens with one attached hydrogen (secondary N) is 1. The van der Waals surface area contributed by atoms with Crippen molar-refractivity contribution in [1.29, 1.82) is 5.26 Å². The molecule has 0 amide bonds. The number of benzene rings is 2. The van der Waals surface area contributed by atoms with E-state index in [1.165, 1.54) is 11.1 Å². The van der Waals surface area contributed by atoms with E-state index in [1.807, 2.05) is 30.3 Å². The molecule has 1 aliphatic heterocycles. The molecule has 0 radical (unpaired) electrons. The summed E-state index contributed by atoms with van der Waals surface area (Å²) in [5, 5.41) is 22.2. The number of allylic oxidation sites excluding steroid dienone is 2. The SMILES string of the molecule is N#Cc1ccc2c(c1)C1C=CCC1C(c1ccc(O)cc1)N2. The third-order valence-corrected chi connectivity index (χ3v) is 4.74. The van der Waals surface area contributed by atoms with E-state index in [0.717, 1.165) is 12.1 Å². The number of phenols is 1. The Labute approximate surface area is 129 Å². The third-order valence-electron chi connectivity index (χ3n) is 4.74. The van der Waals surface area contributed by atoms with Gasteiger partial charge < -0.3 is 10.4 Å². The molecule has 3 atom stereocenters. The van der Waals surface area contributed by atoms with Crippen LogP contribution in [0, 0.1) is 17.2 Å². The lowest BCUT2D eigenvalue weighted by Gasteiger charge is -2.37. The van der Waals surface area contributed by atoms with Crippen molar-refractivity contribution in [3.63, 3.8) is 0 Å². The lowest BCUT2D eigenvalue weighted by molar-refractivity contribution is 0.424. The van der Waals surface area contributed by atoms with E-state index < -0.39 is 0 Å². The predicted molar refractivity (Wildman–Crippen MR) is 85.6 cm³/mol. The predicted octanol–water partition coefficient (Wildman–Crippen LogP) is 4.09. The number of phenolic OH excluding ortho intramolecular Hbond substituents is 1. The molecule has 22 heavy (non-hydrogen) atoms. The highest BCUT2D eigenvalue weighted by molar-refractivity contribution is 5.62. The fraction of sp³-hybridized carbons (Fsp3) is 0.211. The second kappa shape index (κ2) is 4.92. The number of hydrogen-bond acceptors (Lipinski definition) is 3. The van der Waals surface area contributed by atoms with Crippen LogP contribution in [0.3, 0.4) is 0 Å². The molecule has 108 valence electrons. The Balaban J connectivity index is 1.78. The van der Waals surface area contributed by atoms with Crippen LogP contribution < -0.4 is 5.32 Å². The zero-order valence-electron chi connectivity index (χ0n) is 12.0. The van der Waals surface area contributed by atoms with E-state index in [2.05, 4.69) is 23.5 Å². The van der Waals surface area contributed by atoms with Crippen molar-refractivity contribution in [3.8, 4) is 11.8 Å². The van der Waals surface area contributed by atoms with Crippen molar-refractivity contribution in [2.24, 2.45) is 5.92 Å².